The van der Waals surface area contributed by atoms with E-state index in [4.69, 9.17) is 10.8 Å². The largest absolute Gasteiger partial charge is 0.385 e. The van der Waals surface area contributed by atoms with Gasteiger partial charge in [-0.2, -0.15) is 0 Å². The van der Waals surface area contributed by atoms with E-state index in [0.29, 0.717) is 12.8 Å². The first-order valence-corrected chi connectivity index (χ1v) is 5.38. The molecule has 0 aromatic carbocycles. The van der Waals surface area contributed by atoms with Crippen LogP contribution in [0.15, 0.2) is 0 Å². The van der Waals surface area contributed by atoms with E-state index in [1.165, 1.54) is 0 Å². The second-order valence-electron chi connectivity index (χ2n) is 3.80. The quantitative estimate of drug-likeness (QED) is 0.604. The predicted molar refractivity (Wildman–Crippen MR) is 57.1 cm³/mol. The molecular formula is C10H20F2N2O2. The Balaban J connectivity index is 4.33. The van der Waals surface area contributed by atoms with Crippen molar-refractivity contribution in [1.82, 2.24) is 5.32 Å². The highest BCUT2D eigenvalue weighted by Crippen LogP contribution is 2.24. The van der Waals surface area contributed by atoms with Gasteiger partial charge in [0, 0.05) is 13.1 Å². The molecule has 0 bridgehead atoms. The van der Waals surface area contributed by atoms with E-state index >= 15 is 0 Å². The molecule has 0 aliphatic carbocycles. The third kappa shape index (κ3) is 3.68. The molecule has 0 heterocycles. The normalized spacial score (nSPS) is 13.9. The highest BCUT2D eigenvalue weighted by Gasteiger charge is 2.33. The van der Waals surface area contributed by atoms with Crippen LogP contribution in [-0.4, -0.2) is 36.6 Å². The minimum Gasteiger partial charge on any atom is -0.385 e. The Morgan fingerprint density at radius 1 is 1.44 bits per heavy atom. The maximum atomic E-state index is 12.0. The first kappa shape index (κ1) is 15.2. The highest BCUT2D eigenvalue weighted by atomic mass is 19.3. The lowest BCUT2D eigenvalue weighted by Gasteiger charge is -2.29. The van der Waals surface area contributed by atoms with Crippen LogP contribution in [0, 0.1) is 5.41 Å². The van der Waals surface area contributed by atoms with Crippen LogP contribution in [0.3, 0.4) is 0 Å². The summed E-state index contributed by atoms with van der Waals surface area (Å²) < 4.78 is 24.0. The maximum absolute atomic E-state index is 12.0. The summed E-state index contributed by atoms with van der Waals surface area (Å²) >= 11 is 0. The lowest BCUT2D eigenvalue weighted by atomic mass is 9.81. The van der Waals surface area contributed by atoms with Gasteiger partial charge in [0.15, 0.2) is 0 Å². The number of rotatable bonds is 7. The molecule has 1 unspecified atom stereocenters. The van der Waals surface area contributed by atoms with E-state index in [1.54, 1.807) is 0 Å². The number of nitrogens with two attached hydrogens (primary N) is 1. The summed E-state index contributed by atoms with van der Waals surface area (Å²) in [5.74, 6) is -0.375. The molecule has 4 N–H and O–H groups in total. The lowest BCUT2D eigenvalue weighted by molar-refractivity contribution is -0.132. The van der Waals surface area contributed by atoms with Crippen molar-refractivity contribution in [2.75, 3.05) is 13.1 Å². The molecule has 0 rings (SSSR count). The van der Waals surface area contributed by atoms with Crippen molar-refractivity contribution in [3.8, 4) is 0 Å². The van der Waals surface area contributed by atoms with Crippen LogP contribution in [0.2, 0.25) is 0 Å². The van der Waals surface area contributed by atoms with E-state index in [0.717, 1.165) is 0 Å². The van der Waals surface area contributed by atoms with E-state index in [9.17, 15) is 13.6 Å². The summed E-state index contributed by atoms with van der Waals surface area (Å²) in [6.45, 7) is 3.35. The summed E-state index contributed by atoms with van der Waals surface area (Å²) in [6.07, 6.45) is -3.60. The molecule has 4 nitrogen and oxygen atoms in total. The molecule has 0 spiro atoms. The minimum absolute atomic E-state index is 0.163. The van der Waals surface area contributed by atoms with Gasteiger partial charge in [-0.3, -0.25) is 4.79 Å². The number of carbonyl (C=O) groups is 1. The summed E-state index contributed by atoms with van der Waals surface area (Å²) in [5, 5.41) is 11.2. The molecule has 6 heteroatoms. The van der Waals surface area contributed by atoms with E-state index < -0.39 is 24.5 Å². The molecular weight excluding hydrogens is 218 g/mol. The molecule has 0 saturated carbocycles. The SMILES string of the molecule is CCC(CC)(CN)C(=O)NCC(O)C(F)F. The maximum Gasteiger partial charge on any atom is 0.265 e. The number of aliphatic hydroxyl groups excluding tert-OH is 1. The Hall–Kier alpha value is -0.750. The Labute approximate surface area is 94.2 Å². The second kappa shape index (κ2) is 6.75. The number of hydrogen-bond donors (Lipinski definition) is 3. The average molecular weight is 238 g/mol. The summed E-state index contributed by atoms with van der Waals surface area (Å²) in [7, 11) is 0. The van der Waals surface area contributed by atoms with Gasteiger partial charge >= 0.3 is 0 Å². The monoisotopic (exact) mass is 238 g/mol. The van der Waals surface area contributed by atoms with Gasteiger partial charge in [0.1, 0.15) is 6.10 Å². The van der Waals surface area contributed by atoms with Crippen molar-refractivity contribution in [1.29, 1.82) is 0 Å². The number of aliphatic hydroxyl groups is 1. The Morgan fingerprint density at radius 3 is 2.25 bits per heavy atom. The highest BCUT2D eigenvalue weighted by molar-refractivity contribution is 5.82. The minimum atomic E-state index is -2.85. The van der Waals surface area contributed by atoms with Crippen molar-refractivity contribution in [2.24, 2.45) is 11.1 Å². The number of carbonyl (C=O) groups excluding carboxylic acids is 1. The summed E-state index contributed by atoms with van der Waals surface area (Å²) in [6, 6.07) is 0. The van der Waals surface area contributed by atoms with Crippen LogP contribution in [0.4, 0.5) is 8.78 Å². The van der Waals surface area contributed by atoms with Crippen molar-refractivity contribution in [3.05, 3.63) is 0 Å². The molecule has 1 atom stereocenters. The Kier molecular flexibility index (Phi) is 6.43. The predicted octanol–water partition coefficient (Wildman–Crippen LogP) is 0.494. The molecule has 0 aromatic heterocycles. The first-order chi connectivity index (χ1) is 7.43. The Bertz CT molecular complexity index is 213. The zero-order valence-electron chi connectivity index (χ0n) is 9.67. The van der Waals surface area contributed by atoms with Gasteiger partial charge in [0.2, 0.25) is 5.91 Å². The molecule has 0 saturated heterocycles. The molecule has 0 fully saturated rings. The topological polar surface area (TPSA) is 75.4 Å². The van der Waals surface area contributed by atoms with Gasteiger partial charge in [-0.05, 0) is 12.8 Å². The second-order valence-corrected chi connectivity index (χ2v) is 3.80. The van der Waals surface area contributed by atoms with Gasteiger partial charge in [-0.1, -0.05) is 13.8 Å². The first-order valence-electron chi connectivity index (χ1n) is 5.38. The van der Waals surface area contributed by atoms with Gasteiger partial charge in [-0.25, -0.2) is 8.78 Å². The molecule has 0 radical (unpaired) electrons. The molecule has 16 heavy (non-hydrogen) atoms. The standard InChI is InChI=1S/C10H20F2N2O2/c1-3-10(4-2,6-13)9(16)14-5-7(15)8(11)12/h7-8,15H,3-6,13H2,1-2H3,(H,14,16). The zero-order valence-corrected chi connectivity index (χ0v) is 9.67. The van der Waals surface area contributed by atoms with Crippen LogP contribution in [0.1, 0.15) is 26.7 Å². The third-order valence-electron chi connectivity index (χ3n) is 2.99. The molecule has 1 amide bonds. The van der Waals surface area contributed by atoms with Gasteiger partial charge in [0.25, 0.3) is 6.43 Å². The third-order valence-corrected chi connectivity index (χ3v) is 2.99. The van der Waals surface area contributed by atoms with Crippen LogP contribution in [0.5, 0.6) is 0 Å². The number of halogens is 2. The molecule has 0 aliphatic heterocycles. The smallest absolute Gasteiger partial charge is 0.265 e. The van der Waals surface area contributed by atoms with Crippen molar-refractivity contribution in [3.63, 3.8) is 0 Å². The summed E-state index contributed by atoms with van der Waals surface area (Å²) in [4.78, 5) is 11.7. The number of nitrogens with one attached hydrogen (secondary N) is 1. The molecule has 0 aromatic rings. The van der Waals surface area contributed by atoms with Crippen molar-refractivity contribution < 1.29 is 18.7 Å². The van der Waals surface area contributed by atoms with E-state index in [-0.39, 0.29) is 12.5 Å². The summed E-state index contributed by atoms with van der Waals surface area (Å²) in [5.41, 5.74) is 4.80. The van der Waals surface area contributed by atoms with E-state index in [1.807, 2.05) is 13.8 Å². The lowest BCUT2D eigenvalue weighted by Crippen LogP contribution is -2.48. The average Bonchev–Trinajstić information content (AvgIpc) is 2.28. The fourth-order valence-electron chi connectivity index (χ4n) is 1.43. The fourth-order valence-corrected chi connectivity index (χ4v) is 1.43. The molecule has 0 aliphatic rings. The number of amides is 1. The van der Waals surface area contributed by atoms with Gasteiger partial charge in [0.05, 0.1) is 5.41 Å². The zero-order chi connectivity index (χ0) is 12.8. The van der Waals surface area contributed by atoms with E-state index in [2.05, 4.69) is 5.32 Å². The Morgan fingerprint density at radius 2 is 1.94 bits per heavy atom. The van der Waals surface area contributed by atoms with Gasteiger partial charge in [-0.15, -0.1) is 0 Å². The van der Waals surface area contributed by atoms with Crippen LogP contribution < -0.4 is 11.1 Å². The molecule has 96 valence electrons. The van der Waals surface area contributed by atoms with Crippen LogP contribution in [-0.2, 0) is 4.79 Å². The van der Waals surface area contributed by atoms with Crippen molar-refractivity contribution >= 4 is 5.91 Å². The van der Waals surface area contributed by atoms with Crippen LogP contribution in [0.25, 0.3) is 0 Å². The van der Waals surface area contributed by atoms with Crippen molar-refractivity contribution in [2.45, 2.75) is 39.2 Å². The number of alkyl halides is 2. The van der Waals surface area contributed by atoms with Gasteiger partial charge < -0.3 is 16.2 Å². The fraction of sp³-hybridized carbons (Fsp3) is 0.900. The van der Waals surface area contributed by atoms with Crippen LogP contribution >= 0.6 is 0 Å². The number of hydrogen-bond acceptors (Lipinski definition) is 3.